The van der Waals surface area contributed by atoms with Gasteiger partial charge in [0.2, 0.25) is 0 Å². The Balaban J connectivity index is 4.93. The third-order valence-electron chi connectivity index (χ3n) is 1.74. The van der Waals surface area contributed by atoms with Crippen LogP contribution in [0.25, 0.3) is 0 Å². The molecule has 0 aromatic heterocycles. The molecule has 1 nitrogen and oxygen atoms in total. The summed E-state index contributed by atoms with van der Waals surface area (Å²) in [7, 11) is 0. The van der Waals surface area contributed by atoms with Crippen LogP contribution in [0.3, 0.4) is 0 Å². The number of hydrogen-bond donors (Lipinski definition) is 1. The molecule has 0 radical (unpaired) electrons. The first kappa shape index (κ1) is 14.7. The van der Waals surface area contributed by atoms with Gasteiger partial charge in [-0.1, -0.05) is 49.2 Å². The van der Waals surface area contributed by atoms with Crippen LogP contribution in [-0.4, -0.2) is 5.04 Å². The zero-order chi connectivity index (χ0) is 12.7. The van der Waals surface area contributed by atoms with Crippen LogP contribution in [0.1, 0.15) is 20.8 Å². The Morgan fingerprint density at radius 3 is 2.06 bits per heavy atom. The summed E-state index contributed by atoms with van der Waals surface area (Å²) in [5, 5.41) is 8.01. The molecule has 86 valence electrons. The van der Waals surface area contributed by atoms with Crippen molar-refractivity contribution in [1.82, 2.24) is 0 Å². The summed E-state index contributed by atoms with van der Waals surface area (Å²) in [4.78, 5) is 0.977. The second-order valence-electron chi connectivity index (χ2n) is 3.61. The topological polar surface area (TPSA) is 23.9 Å². The summed E-state index contributed by atoms with van der Waals surface area (Å²) in [5.74, 6) is 0. The molecule has 2 heteroatoms. The van der Waals surface area contributed by atoms with E-state index in [1.165, 1.54) is 11.8 Å². The van der Waals surface area contributed by atoms with E-state index in [1.54, 1.807) is 13.0 Å². The molecular formula is C14H19NS. The number of allylic oxidation sites excluding steroid dienone is 6. The molecule has 0 fully saturated rings. The van der Waals surface area contributed by atoms with E-state index in [-0.39, 0.29) is 0 Å². The number of nitrogens with one attached hydrogen (secondary N) is 1. The van der Waals surface area contributed by atoms with Gasteiger partial charge in [0.05, 0.1) is 5.04 Å². The van der Waals surface area contributed by atoms with Gasteiger partial charge in [-0.2, -0.15) is 0 Å². The standard InChI is InChI=1S/C14H19NS/c1-7-11(4)8-12(5)9-14(10(2)3)16-13(6)15/h7-9,15H,1-2,5H2,3-4,6H3/b11-8-,14-9-,15-13?. The van der Waals surface area contributed by atoms with E-state index in [2.05, 4.69) is 19.7 Å². The van der Waals surface area contributed by atoms with E-state index in [0.717, 1.165) is 21.6 Å². The highest BCUT2D eigenvalue weighted by atomic mass is 32.2. The summed E-state index contributed by atoms with van der Waals surface area (Å²) in [6.45, 7) is 17.2. The third-order valence-corrected chi connectivity index (χ3v) is 2.73. The molecule has 0 aliphatic rings. The third kappa shape index (κ3) is 6.25. The van der Waals surface area contributed by atoms with Crippen LogP contribution in [0.4, 0.5) is 0 Å². The molecule has 0 rings (SSSR count). The summed E-state index contributed by atoms with van der Waals surface area (Å²) >= 11 is 1.40. The molecule has 0 aliphatic carbocycles. The minimum atomic E-state index is 0.548. The average Bonchev–Trinajstić information content (AvgIpc) is 2.15. The fraction of sp³-hybridized carbons (Fsp3) is 0.214. The largest absolute Gasteiger partial charge is 0.298 e. The Kier molecular flexibility index (Phi) is 6.50. The molecule has 0 aliphatic heterocycles. The first-order valence-electron chi connectivity index (χ1n) is 4.97. The predicted octanol–water partition coefficient (Wildman–Crippen LogP) is 4.87. The molecular weight excluding hydrogens is 214 g/mol. The molecule has 0 spiro atoms. The lowest BCUT2D eigenvalue weighted by Gasteiger charge is -2.05. The summed E-state index contributed by atoms with van der Waals surface area (Å²) in [6.07, 6.45) is 5.68. The van der Waals surface area contributed by atoms with Gasteiger partial charge in [0.25, 0.3) is 0 Å². The molecule has 0 saturated carbocycles. The zero-order valence-electron chi connectivity index (χ0n) is 10.3. The first-order chi connectivity index (χ1) is 7.36. The number of thioether (sulfide) groups is 1. The minimum absolute atomic E-state index is 0.548. The highest BCUT2D eigenvalue weighted by Crippen LogP contribution is 2.25. The Morgan fingerprint density at radius 2 is 1.69 bits per heavy atom. The molecule has 0 aromatic carbocycles. The van der Waals surface area contributed by atoms with E-state index < -0.39 is 0 Å². The van der Waals surface area contributed by atoms with E-state index >= 15 is 0 Å². The van der Waals surface area contributed by atoms with E-state index in [1.807, 2.05) is 26.0 Å². The lowest BCUT2D eigenvalue weighted by Crippen LogP contribution is -1.86. The normalized spacial score (nSPS) is 12.2. The maximum atomic E-state index is 7.46. The summed E-state index contributed by atoms with van der Waals surface area (Å²) in [6, 6.07) is 0. The highest BCUT2D eigenvalue weighted by molar-refractivity contribution is 8.17. The predicted molar refractivity (Wildman–Crippen MR) is 77.0 cm³/mol. The smallest absolute Gasteiger partial charge is 0.0658 e. The van der Waals surface area contributed by atoms with Gasteiger partial charge < -0.3 is 0 Å². The van der Waals surface area contributed by atoms with Crippen LogP contribution < -0.4 is 0 Å². The van der Waals surface area contributed by atoms with Crippen molar-refractivity contribution in [2.45, 2.75) is 20.8 Å². The zero-order valence-corrected chi connectivity index (χ0v) is 11.1. The van der Waals surface area contributed by atoms with Crippen LogP contribution in [0.15, 0.2) is 59.6 Å². The SMILES string of the molecule is C=C/C(C)=C\C(=C)/C=C(\SC(C)=N)C(=C)C. The Labute approximate surface area is 103 Å². The Morgan fingerprint density at radius 1 is 1.12 bits per heavy atom. The number of rotatable bonds is 5. The lowest BCUT2D eigenvalue weighted by atomic mass is 10.1. The van der Waals surface area contributed by atoms with Gasteiger partial charge in [0, 0.05) is 4.91 Å². The van der Waals surface area contributed by atoms with Crippen molar-refractivity contribution in [3.63, 3.8) is 0 Å². The molecule has 0 bridgehead atoms. The van der Waals surface area contributed by atoms with Gasteiger partial charge in [-0.25, -0.2) is 0 Å². The highest BCUT2D eigenvalue weighted by Gasteiger charge is 2.01. The van der Waals surface area contributed by atoms with Gasteiger partial charge in [-0.05, 0) is 38.0 Å². The van der Waals surface area contributed by atoms with Crippen LogP contribution in [0.5, 0.6) is 0 Å². The van der Waals surface area contributed by atoms with Gasteiger partial charge in [-0.15, -0.1) is 0 Å². The maximum absolute atomic E-state index is 7.46. The molecule has 0 atom stereocenters. The van der Waals surface area contributed by atoms with Gasteiger partial charge in [0.15, 0.2) is 0 Å². The molecule has 0 amide bonds. The lowest BCUT2D eigenvalue weighted by molar-refractivity contribution is 1.48. The summed E-state index contributed by atoms with van der Waals surface area (Å²) in [5.41, 5.74) is 2.91. The van der Waals surface area contributed by atoms with Crippen molar-refractivity contribution in [3.05, 3.63) is 59.6 Å². The van der Waals surface area contributed by atoms with Crippen molar-refractivity contribution >= 4 is 16.8 Å². The van der Waals surface area contributed by atoms with Crippen molar-refractivity contribution < 1.29 is 0 Å². The second-order valence-corrected chi connectivity index (χ2v) is 4.87. The van der Waals surface area contributed by atoms with Crippen molar-refractivity contribution in [2.24, 2.45) is 0 Å². The molecule has 1 N–H and O–H groups in total. The van der Waals surface area contributed by atoms with Crippen LogP contribution >= 0.6 is 11.8 Å². The quantitative estimate of drug-likeness (QED) is 0.409. The minimum Gasteiger partial charge on any atom is -0.298 e. The van der Waals surface area contributed by atoms with Crippen LogP contribution in [0.2, 0.25) is 0 Å². The van der Waals surface area contributed by atoms with Crippen LogP contribution in [-0.2, 0) is 0 Å². The maximum Gasteiger partial charge on any atom is 0.0658 e. The monoisotopic (exact) mass is 233 g/mol. The molecule has 0 saturated heterocycles. The fourth-order valence-corrected chi connectivity index (χ4v) is 1.68. The first-order valence-corrected chi connectivity index (χ1v) is 5.78. The van der Waals surface area contributed by atoms with E-state index in [0.29, 0.717) is 5.04 Å². The van der Waals surface area contributed by atoms with Crippen molar-refractivity contribution in [1.29, 1.82) is 5.41 Å². The fourth-order valence-electron chi connectivity index (χ4n) is 0.966. The Bertz CT molecular complexity index is 384. The average molecular weight is 233 g/mol. The van der Waals surface area contributed by atoms with Gasteiger partial charge in [-0.3, -0.25) is 5.41 Å². The van der Waals surface area contributed by atoms with Gasteiger partial charge in [0.1, 0.15) is 0 Å². The molecule has 0 unspecified atom stereocenters. The van der Waals surface area contributed by atoms with Crippen molar-refractivity contribution in [3.8, 4) is 0 Å². The molecule has 0 heterocycles. The summed E-state index contributed by atoms with van der Waals surface area (Å²) < 4.78 is 0. The van der Waals surface area contributed by atoms with Gasteiger partial charge >= 0.3 is 0 Å². The Hall–Kier alpha value is -1.28. The molecule has 0 aromatic rings. The second kappa shape index (κ2) is 7.07. The number of hydrogen-bond acceptors (Lipinski definition) is 2. The van der Waals surface area contributed by atoms with E-state index in [9.17, 15) is 0 Å². The molecule has 16 heavy (non-hydrogen) atoms. The van der Waals surface area contributed by atoms with E-state index in [4.69, 9.17) is 5.41 Å². The van der Waals surface area contributed by atoms with Crippen LogP contribution in [0, 0.1) is 5.41 Å². The van der Waals surface area contributed by atoms with Crippen molar-refractivity contribution in [2.75, 3.05) is 0 Å².